The van der Waals surface area contributed by atoms with E-state index in [9.17, 15) is 0 Å². The molecule has 0 saturated heterocycles. The number of hydrogen-bond donors (Lipinski definition) is 1. The maximum absolute atomic E-state index is 5.42. The van der Waals surface area contributed by atoms with E-state index in [-0.39, 0.29) is 0 Å². The van der Waals surface area contributed by atoms with Gasteiger partial charge in [-0.3, -0.25) is 0 Å². The molecule has 1 heterocycles. The predicted molar refractivity (Wildman–Crippen MR) is 65.8 cm³/mol. The van der Waals surface area contributed by atoms with Crippen molar-refractivity contribution in [3.05, 3.63) is 16.1 Å². The summed E-state index contributed by atoms with van der Waals surface area (Å²) in [5.41, 5.74) is 1.10. The zero-order valence-corrected chi connectivity index (χ0v) is 11.0. The van der Waals surface area contributed by atoms with Crippen LogP contribution in [0.1, 0.15) is 17.6 Å². The molecule has 0 bridgehead atoms. The van der Waals surface area contributed by atoms with E-state index in [1.165, 1.54) is 0 Å². The van der Waals surface area contributed by atoms with Gasteiger partial charge in [-0.1, -0.05) is 0 Å². The number of rotatable bonds is 8. The Kier molecular flexibility index (Phi) is 6.56. The third-order valence-corrected chi connectivity index (χ3v) is 2.92. The number of aryl methyl sites for hydroxylation is 1. The quantitative estimate of drug-likeness (QED) is 0.705. The van der Waals surface area contributed by atoms with Crippen LogP contribution in [0, 0.1) is 6.92 Å². The van der Waals surface area contributed by atoms with Crippen LogP contribution in [0.25, 0.3) is 0 Å². The Morgan fingerprint density at radius 1 is 1.50 bits per heavy atom. The Balaban J connectivity index is 2.08. The molecule has 0 saturated carbocycles. The smallest absolute Gasteiger partial charge is 0.0897 e. The average molecular weight is 244 g/mol. The lowest BCUT2D eigenvalue weighted by Crippen LogP contribution is -2.30. The summed E-state index contributed by atoms with van der Waals surface area (Å²) in [6.07, 6.45) is 0. The van der Waals surface area contributed by atoms with Crippen LogP contribution in [0.2, 0.25) is 0 Å². The van der Waals surface area contributed by atoms with Gasteiger partial charge in [0.15, 0.2) is 0 Å². The molecule has 0 aliphatic heterocycles. The summed E-state index contributed by atoms with van der Waals surface area (Å²) in [7, 11) is 1.68. The molecule has 0 amide bonds. The van der Waals surface area contributed by atoms with Crippen LogP contribution < -0.4 is 5.32 Å². The van der Waals surface area contributed by atoms with Gasteiger partial charge in [0.1, 0.15) is 0 Å². The van der Waals surface area contributed by atoms with Crippen LogP contribution in [-0.2, 0) is 16.0 Å². The van der Waals surface area contributed by atoms with E-state index in [1.54, 1.807) is 18.4 Å². The second-order valence-corrected chi connectivity index (χ2v) is 4.77. The zero-order chi connectivity index (χ0) is 11.8. The lowest BCUT2D eigenvalue weighted by molar-refractivity contribution is 0.0608. The third kappa shape index (κ3) is 5.55. The van der Waals surface area contributed by atoms with Gasteiger partial charge < -0.3 is 14.8 Å². The van der Waals surface area contributed by atoms with Gasteiger partial charge >= 0.3 is 0 Å². The van der Waals surface area contributed by atoms with Gasteiger partial charge in [-0.05, 0) is 13.8 Å². The zero-order valence-electron chi connectivity index (χ0n) is 10.2. The number of nitrogens with one attached hydrogen (secondary N) is 1. The minimum Gasteiger partial charge on any atom is -0.382 e. The van der Waals surface area contributed by atoms with E-state index >= 15 is 0 Å². The summed E-state index contributed by atoms with van der Waals surface area (Å²) >= 11 is 1.68. The molecule has 0 fully saturated rings. The second kappa shape index (κ2) is 7.73. The molecule has 0 aliphatic rings. The Hall–Kier alpha value is -0.490. The summed E-state index contributed by atoms with van der Waals surface area (Å²) in [4.78, 5) is 4.39. The summed E-state index contributed by atoms with van der Waals surface area (Å²) in [5.74, 6) is 0. The fourth-order valence-corrected chi connectivity index (χ4v) is 1.84. The van der Waals surface area contributed by atoms with Crippen LogP contribution in [0.3, 0.4) is 0 Å². The second-order valence-electron chi connectivity index (χ2n) is 3.71. The fourth-order valence-electron chi connectivity index (χ4n) is 1.23. The topological polar surface area (TPSA) is 43.4 Å². The van der Waals surface area contributed by atoms with Crippen molar-refractivity contribution < 1.29 is 9.47 Å². The van der Waals surface area contributed by atoms with Crippen LogP contribution >= 0.6 is 11.3 Å². The molecule has 0 spiro atoms. The first-order valence-corrected chi connectivity index (χ1v) is 6.31. The van der Waals surface area contributed by atoms with Gasteiger partial charge in [-0.15, -0.1) is 11.3 Å². The number of thiazole rings is 1. The number of hydrogen-bond acceptors (Lipinski definition) is 5. The molecule has 0 aliphatic carbocycles. The van der Waals surface area contributed by atoms with Crippen molar-refractivity contribution in [3.63, 3.8) is 0 Å². The monoisotopic (exact) mass is 244 g/mol. The highest BCUT2D eigenvalue weighted by Gasteiger charge is 2.03. The molecule has 5 heteroatoms. The molecule has 1 atom stereocenters. The van der Waals surface area contributed by atoms with E-state index < -0.39 is 0 Å². The summed E-state index contributed by atoms with van der Waals surface area (Å²) in [5, 5.41) is 6.56. The van der Waals surface area contributed by atoms with E-state index in [2.05, 4.69) is 22.6 Å². The SMILES string of the molecule is COCCOCC(C)NCc1csc(C)n1. The van der Waals surface area contributed by atoms with Gasteiger partial charge in [-0.25, -0.2) is 4.98 Å². The standard InChI is InChI=1S/C11H20N2O2S/c1-9(7-15-5-4-14-3)12-6-11-8-16-10(2)13-11/h8-9,12H,4-7H2,1-3H3. The minimum atomic E-state index is 0.332. The lowest BCUT2D eigenvalue weighted by atomic mass is 10.3. The normalized spacial score (nSPS) is 12.9. The van der Waals surface area contributed by atoms with Crippen molar-refractivity contribution in [1.82, 2.24) is 10.3 Å². The highest BCUT2D eigenvalue weighted by molar-refractivity contribution is 7.09. The van der Waals surface area contributed by atoms with Crippen molar-refractivity contribution in [1.29, 1.82) is 0 Å². The van der Waals surface area contributed by atoms with Crippen molar-refractivity contribution in [2.45, 2.75) is 26.4 Å². The Morgan fingerprint density at radius 3 is 2.94 bits per heavy atom. The van der Waals surface area contributed by atoms with Crippen molar-refractivity contribution >= 4 is 11.3 Å². The van der Waals surface area contributed by atoms with E-state index in [4.69, 9.17) is 9.47 Å². The van der Waals surface area contributed by atoms with E-state index in [0.717, 1.165) is 17.2 Å². The molecular weight excluding hydrogens is 224 g/mol. The molecule has 1 N–H and O–H groups in total. The highest BCUT2D eigenvalue weighted by Crippen LogP contribution is 2.07. The molecule has 16 heavy (non-hydrogen) atoms. The molecule has 0 radical (unpaired) electrons. The molecule has 92 valence electrons. The van der Waals surface area contributed by atoms with E-state index in [0.29, 0.717) is 25.9 Å². The van der Waals surface area contributed by atoms with Crippen LogP contribution in [0.5, 0.6) is 0 Å². The maximum atomic E-state index is 5.42. The molecule has 1 unspecified atom stereocenters. The van der Waals surface area contributed by atoms with Gasteiger partial charge in [-0.2, -0.15) is 0 Å². The lowest BCUT2D eigenvalue weighted by Gasteiger charge is -2.13. The molecule has 0 aromatic carbocycles. The largest absolute Gasteiger partial charge is 0.382 e. The Labute approximate surface area is 101 Å². The maximum Gasteiger partial charge on any atom is 0.0897 e. The van der Waals surface area contributed by atoms with E-state index in [1.807, 2.05) is 6.92 Å². The first-order chi connectivity index (χ1) is 7.72. The number of ether oxygens (including phenoxy) is 2. The summed E-state index contributed by atoms with van der Waals surface area (Å²) < 4.78 is 10.3. The Morgan fingerprint density at radius 2 is 2.31 bits per heavy atom. The predicted octanol–water partition coefficient (Wildman–Crippen LogP) is 1.59. The van der Waals surface area contributed by atoms with Gasteiger partial charge in [0.2, 0.25) is 0 Å². The number of methoxy groups -OCH3 is 1. The van der Waals surface area contributed by atoms with Crippen molar-refractivity contribution in [2.24, 2.45) is 0 Å². The Bertz CT molecular complexity index is 291. The van der Waals surface area contributed by atoms with Crippen LogP contribution in [-0.4, -0.2) is 38.0 Å². The third-order valence-electron chi connectivity index (χ3n) is 2.10. The van der Waals surface area contributed by atoms with Crippen LogP contribution in [0.15, 0.2) is 5.38 Å². The van der Waals surface area contributed by atoms with Crippen molar-refractivity contribution in [3.8, 4) is 0 Å². The fraction of sp³-hybridized carbons (Fsp3) is 0.727. The molecule has 4 nitrogen and oxygen atoms in total. The molecule has 1 rings (SSSR count). The molecule has 1 aromatic rings. The number of nitrogens with zero attached hydrogens (tertiary/aromatic N) is 1. The van der Waals surface area contributed by atoms with Gasteiger partial charge in [0.25, 0.3) is 0 Å². The number of aromatic nitrogens is 1. The molecular formula is C11H20N2O2S. The van der Waals surface area contributed by atoms with Gasteiger partial charge in [0.05, 0.1) is 30.5 Å². The molecule has 1 aromatic heterocycles. The minimum absolute atomic E-state index is 0.332. The highest BCUT2D eigenvalue weighted by atomic mass is 32.1. The summed E-state index contributed by atoms with van der Waals surface area (Å²) in [6, 6.07) is 0.332. The first kappa shape index (κ1) is 13.6. The first-order valence-electron chi connectivity index (χ1n) is 5.43. The van der Waals surface area contributed by atoms with Gasteiger partial charge in [0, 0.05) is 25.1 Å². The van der Waals surface area contributed by atoms with Crippen molar-refractivity contribution in [2.75, 3.05) is 26.9 Å². The summed E-state index contributed by atoms with van der Waals surface area (Å²) in [6.45, 7) is 6.93. The van der Waals surface area contributed by atoms with Crippen LogP contribution in [0.4, 0.5) is 0 Å². The average Bonchev–Trinajstić information content (AvgIpc) is 2.68.